The second-order valence-electron chi connectivity index (χ2n) is 4.85. The summed E-state index contributed by atoms with van der Waals surface area (Å²) in [6, 6.07) is 5.67. The van der Waals surface area contributed by atoms with Crippen LogP contribution in [0.5, 0.6) is 0 Å². The predicted octanol–water partition coefficient (Wildman–Crippen LogP) is 2.64. The van der Waals surface area contributed by atoms with Gasteiger partial charge in [-0.2, -0.15) is 0 Å². The minimum absolute atomic E-state index is 0.0289. The van der Waals surface area contributed by atoms with Crippen LogP contribution in [-0.4, -0.2) is 35.1 Å². The average Bonchev–Trinajstić information content (AvgIpc) is 2.88. The van der Waals surface area contributed by atoms with Gasteiger partial charge in [0, 0.05) is 17.6 Å². The van der Waals surface area contributed by atoms with Crippen molar-refractivity contribution in [3.63, 3.8) is 0 Å². The highest BCUT2D eigenvalue weighted by molar-refractivity contribution is 6.31. The summed E-state index contributed by atoms with van der Waals surface area (Å²) < 4.78 is 0. The molecule has 1 fully saturated rings. The first kappa shape index (κ1) is 14.1. The molecule has 0 unspecified atom stereocenters. The van der Waals surface area contributed by atoms with Crippen molar-refractivity contribution in [1.29, 1.82) is 0 Å². The minimum atomic E-state index is -0.0479. The highest BCUT2D eigenvalue weighted by Gasteiger charge is 2.26. The lowest BCUT2D eigenvalue weighted by Crippen LogP contribution is -2.36. The van der Waals surface area contributed by atoms with E-state index >= 15 is 0 Å². The van der Waals surface area contributed by atoms with Gasteiger partial charge in [-0.15, -0.1) is 0 Å². The van der Waals surface area contributed by atoms with Crippen molar-refractivity contribution in [3.05, 3.63) is 40.4 Å². The monoisotopic (exact) mass is 279 g/mol. The van der Waals surface area contributed by atoms with Gasteiger partial charge in [-0.05, 0) is 43.0 Å². The highest BCUT2D eigenvalue weighted by Crippen LogP contribution is 2.19. The molecule has 0 aromatic heterocycles. The van der Waals surface area contributed by atoms with Gasteiger partial charge in [0.05, 0.1) is 12.6 Å². The summed E-state index contributed by atoms with van der Waals surface area (Å²) in [5, 5.41) is 9.90. The van der Waals surface area contributed by atoms with Crippen LogP contribution in [0.3, 0.4) is 0 Å². The van der Waals surface area contributed by atoms with Gasteiger partial charge in [0.2, 0.25) is 5.91 Å². The fraction of sp³-hybridized carbons (Fsp3) is 0.400. The topological polar surface area (TPSA) is 40.5 Å². The molecule has 1 aromatic rings. The second kappa shape index (κ2) is 6.22. The van der Waals surface area contributed by atoms with Crippen LogP contribution in [0.1, 0.15) is 24.0 Å². The van der Waals surface area contributed by atoms with Crippen molar-refractivity contribution in [2.24, 2.45) is 0 Å². The van der Waals surface area contributed by atoms with E-state index in [9.17, 15) is 9.90 Å². The average molecular weight is 280 g/mol. The first-order valence-electron chi connectivity index (χ1n) is 6.47. The van der Waals surface area contributed by atoms with Crippen LogP contribution < -0.4 is 0 Å². The van der Waals surface area contributed by atoms with Crippen LogP contribution in [0.15, 0.2) is 24.3 Å². The van der Waals surface area contributed by atoms with E-state index in [1.54, 1.807) is 17.1 Å². The largest absolute Gasteiger partial charge is 0.394 e. The number of carbonyl (C=O) groups excluding carboxylic acids is 1. The Bertz CT molecular complexity index is 499. The Kier molecular flexibility index (Phi) is 4.61. The molecule has 1 atom stereocenters. The fourth-order valence-electron chi connectivity index (χ4n) is 2.29. The molecule has 1 aliphatic heterocycles. The number of carbonyl (C=O) groups is 1. The fourth-order valence-corrected chi connectivity index (χ4v) is 2.48. The Balaban J connectivity index is 2.05. The lowest BCUT2D eigenvalue weighted by Gasteiger charge is -2.21. The second-order valence-corrected chi connectivity index (χ2v) is 5.26. The maximum atomic E-state index is 12.0. The Hall–Kier alpha value is -1.32. The Labute approximate surface area is 118 Å². The van der Waals surface area contributed by atoms with Gasteiger partial charge in [-0.25, -0.2) is 0 Å². The molecule has 0 aliphatic carbocycles. The molecule has 1 N–H and O–H groups in total. The summed E-state index contributed by atoms with van der Waals surface area (Å²) >= 11 is 6.04. The Morgan fingerprint density at radius 2 is 2.37 bits per heavy atom. The van der Waals surface area contributed by atoms with E-state index in [1.165, 1.54) is 0 Å². The van der Waals surface area contributed by atoms with Gasteiger partial charge in [-0.1, -0.05) is 23.7 Å². The summed E-state index contributed by atoms with van der Waals surface area (Å²) in [4.78, 5) is 13.8. The molecule has 1 amide bonds. The number of aryl methyl sites for hydroxylation is 1. The summed E-state index contributed by atoms with van der Waals surface area (Å²) in [6.45, 7) is 2.70. The number of amides is 1. The Morgan fingerprint density at radius 3 is 3.05 bits per heavy atom. The van der Waals surface area contributed by atoms with Gasteiger partial charge >= 0.3 is 0 Å². The maximum Gasteiger partial charge on any atom is 0.246 e. The molecule has 1 aromatic carbocycles. The zero-order valence-corrected chi connectivity index (χ0v) is 11.7. The van der Waals surface area contributed by atoms with E-state index in [0.717, 1.165) is 30.5 Å². The number of aliphatic hydroxyl groups excluding tert-OH is 1. The van der Waals surface area contributed by atoms with E-state index in [0.29, 0.717) is 5.02 Å². The maximum absolute atomic E-state index is 12.0. The molecule has 4 heteroatoms. The molecule has 102 valence electrons. The minimum Gasteiger partial charge on any atom is -0.394 e. The standard InChI is InChI=1S/C15H18ClNO2/c1-11-4-5-12(9-14(11)16)6-7-15(19)17-8-2-3-13(17)10-18/h4-7,9,13,18H,2-3,8,10H2,1H3/b7-6+/t13-/m1/s1. The lowest BCUT2D eigenvalue weighted by atomic mass is 10.1. The molecular weight excluding hydrogens is 262 g/mol. The third-order valence-electron chi connectivity index (χ3n) is 3.49. The van der Waals surface area contributed by atoms with Gasteiger partial charge in [-0.3, -0.25) is 4.79 Å². The number of aliphatic hydroxyl groups is 1. The number of likely N-dealkylation sites (tertiary alicyclic amines) is 1. The highest BCUT2D eigenvalue weighted by atomic mass is 35.5. The molecule has 0 spiro atoms. The van der Waals surface area contributed by atoms with Crippen LogP contribution in [0.2, 0.25) is 5.02 Å². The smallest absolute Gasteiger partial charge is 0.246 e. The van der Waals surface area contributed by atoms with E-state index in [2.05, 4.69) is 0 Å². The third-order valence-corrected chi connectivity index (χ3v) is 3.89. The number of nitrogens with zero attached hydrogens (tertiary/aromatic N) is 1. The zero-order valence-electron chi connectivity index (χ0n) is 11.0. The van der Waals surface area contributed by atoms with Crippen molar-refractivity contribution in [2.75, 3.05) is 13.2 Å². The molecule has 3 nitrogen and oxygen atoms in total. The lowest BCUT2D eigenvalue weighted by molar-refractivity contribution is -0.127. The van der Waals surface area contributed by atoms with Crippen molar-refractivity contribution in [3.8, 4) is 0 Å². The molecule has 19 heavy (non-hydrogen) atoms. The first-order chi connectivity index (χ1) is 9.11. The van der Waals surface area contributed by atoms with Crippen molar-refractivity contribution < 1.29 is 9.90 Å². The molecule has 1 saturated heterocycles. The zero-order chi connectivity index (χ0) is 13.8. The van der Waals surface area contributed by atoms with E-state index in [4.69, 9.17) is 11.6 Å². The van der Waals surface area contributed by atoms with Crippen LogP contribution in [0, 0.1) is 6.92 Å². The summed E-state index contributed by atoms with van der Waals surface area (Å²) in [5.74, 6) is -0.0479. The van der Waals surface area contributed by atoms with Gasteiger partial charge in [0.15, 0.2) is 0 Å². The quantitative estimate of drug-likeness (QED) is 0.864. The molecule has 2 rings (SSSR count). The van der Waals surface area contributed by atoms with E-state index in [-0.39, 0.29) is 18.6 Å². The van der Waals surface area contributed by atoms with Gasteiger partial charge in [0.1, 0.15) is 0 Å². The molecule has 0 bridgehead atoms. The Morgan fingerprint density at radius 1 is 1.58 bits per heavy atom. The predicted molar refractivity (Wildman–Crippen MR) is 77.0 cm³/mol. The number of halogens is 1. The molecule has 1 heterocycles. The number of hydrogen-bond acceptors (Lipinski definition) is 2. The number of hydrogen-bond donors (Lipinski definition) is 1. The van der Waals surface area contributed by atoms with Crippen LogP contribution >= 0.6 is 11.6 Å². The third kappa shape index (κ3) is 3.37. The van der Waals surface area contributed by atoms with Crippen LogP contribution in [0.4, 0.5) is 0 Å². The normalized spacial score (nSPS) is 19.3. The summed E-state index contributed by atoms with van der Waals surface area (Å²) in [7, 11) is 0. The van der Waals surface area contributed by atoms with Gasteiger partial charge < -0.3 is 10.0 Å². The first-order valence-corrected chi connectivity index (χ1v) is 6.85. The summed E-state index contributed by atoms with van der Waals surface area (Å²) in [6.07, 6.45) is 5.16. The van der Waals surface area contributed by atoms with Crippen LogP contribution in [-0.2, 0) is 4.79 Å². The summed E-state index contributed by atoms with van der Waals surface area (Å²) in [5.41, 5.74) is 1.92. The van der Waals surface area contributed by atoms with Crippen molar-refractivity contribution in [2.45, 2.75) is 25.8 Å². The van der Waals surface area contributed by atoms with Gasteiger partial charge in [0.25, 0.3) is 0 Å². The van der Waals surface area contributed by atoms with Crippen molar-refractivity contribution in [1.82, 2.24) is 4.90 Å². The molecule has 0 saturated carbocycles. The molecule has 1 aliphatic rings. The molecule has 0 radical (unpaired) electrons. The van der Waals surface area contributed by atoms with Crippen LogP contribution in [0.25, 0.3) is 6.08 Å². The number of rotatable bonds is 3. The van der Waals surface area contributed by atoms with Crippen molar-refractivity contribution >= 4 is 23.6 Å². The molecular formula is C15H18ClNO2. The van der Waals surface area contributed by atoms with E-state index < -0.39 is 0 Å². The number of benzene rings is 1. The van der Waals surface area contributed by atoms with E-state index in [1.807, 2.05) is 25.1 Å². The SMILES string of the molecule is Cc1ccc(/C=C/C(=O)N2CCC[C@@H]2CO)cc1Cl.